The number of nitrogens with one attached hydrogen (secondary N) is 1. The van der Waals surface area contributed by atoms with Gasteiger partial charge >= 0.3 is 0 Å². The number of nitrogens with two attached hydrogens (primary N) is 1. The highest BCUT2D eigenvalue weighted by Gasteiger charge is 2.12. The molecule has 0 aliphatic rings. The third kappa shape index (κ3) is 2.99. The number of ether oxygens (including phenoxy) is 1. The molecule has 0 radical (unpaired) electrons. The van der Waals surface area contributed by atoms with Crippen molar-refractivity contribution in [3.8, 4) is 11.5 Å². The molecule has 0 saturated carbocycles. The minimum Gasteiger partial charge on any atom is -0.456 e. The number of amidine groups is 1. The van der Waals surface area contributed by atoms with Crippen molar-refractivity contribution in [1.82, 2.24) is 0 Å². The summed E-state index contributed by atoms with van der Waals surface area (Å²) in [7, 11) is 0. The van der Waals surface area contributed by atoms with Crippen LogP contribution in [0.2, 0.25) is 0 Å². The fraction of sp³-hybridized carbons (Fsp3) is 0.235. The minimum absolute atomic E-state index is 0.0154. The second kappa shape index (κ2) is 6.24. The maximum atomic E-state index is 7.61. The standard InChI is InChI=1S/C17H20N2O/c1-3-12(2)13-8-4-6-10-15(13)20-16-11-7-5-9-14(16)17(18)19/h4-12H,3H2,1-2H3,(H3,18,19). The van der Waals surface area contributed by atoms with Gasteiger partial charge in [0.2, 0.25) is 0 Å². The summed E-state index contributed by atoms with van der Waals surface area (Å²) in [5.41, 5.74) is 7.39. The Hall–Kier alpha value is -2.29. The highest BCUT2D eigenvalue weighted by molar-refractivity contribution is 5.97. The summed E-state index contributed by atoms with van der Waals surface area (Å²) >= 11 is 0. The van der Waals surface area contributed by atoms with Gasteiger partial charge in [-0.25, -0.2) is 0 Å². The summed E-state index contributed by atoms with van der Waals surface area (Å²) < 4.78 is 6.00. The van der Waals surface area contributed by atoms with Crippen LogP contribution < -0.4 is 10.5 Å². The topological polar surface area (TPSA) is 59.1 Å². The van der Waals surface area contributed by atoms with Crippen molar-refractivity contribution in [1.29, 1.82) is 5.41 Å². The van der Waals surface area contributed by atoms with Gasteiger partial charge in [-0.1, -0.05) is 44.2 Å². The molecule has 0 amide bonds. The van der Waals surface area contributed by atoms with E-state index in [1.807, 2.05) is 36.4 Å². The summed E-state index contributed by atoms with van der Waals surface area (Å²) in [4.78, 5) is 0. The first-order chi connectivity index (χ1) is 9.63. The van der Waals surface area contributed by atoms with Crippen LogP contribution in [0.5, 0.6) is 11.5 Å². The molecule has 2 rings (SSSR count). The monoisotopic (exact) mass is 268 g/mol. The van der Waals surface area contributed by atoms with Crippen LogP contribution in [-0.2, 0) is 0 Å². The largest absolute Gasteiger partial charge is 0.456 e. The van der Waals surface area contributed by atoms with E-state index in [2.05, 4.69) is 19.9 Å². The first-order valence-electron chi connectivity index (χ1n) is 6.83. The lowest BCUT2D eigenvalue weighted by atomic mass is 9.98. The Morgan fingerprint density at radius 1 is 1.10 bits per heavy atom. The Kier molecular flexibility index (Phi) is 4.41. The van der Waals surface area contributed by atoms with Gasteiger partial charge in [0.15, 0.2) is 0 Å². The van der Waals surface area contributed by atoms with Crippen LogP contribution in [0.15, 0.2) is 48.5 Å². The first-order valence-corrected chi connectivity index (χ1v) is 6.83. The molecular formula is C17H20N2O. The third-order valence-electron chi connectivity index (χ3n) is 3.46. The van der Waals surface area contributed by atoms with E-state index in [1.54, 1.807) is 6.07 Å². The van der Waals surface area contributed by atoms with E-state index in [0.717, 1.165) is 12.2 Å². The fourth-order valence-electron chi connectivity index (χ4n) is 2.10. The molecule has 3 nitrogen and oxygen atoms in total. The van der Waals surface area contributed by atoms with Gasteiger partial charge in [0, 0.05) is 0 Å². The molecule has 0 aliphatic heterocycles. The van der Waals surface area contributed by atoms with Gasteiger partial charge in [0.25, 0.3) is 0 Å². The van der Waals surface area contributed by atoms with Gasteiger partial charge in [-0.3, -0.25) is 5.41 Å². The number of hydrogen-bond donors (Lipinski definition) is 2. The predicted molar refractivity (Wildman–Crippen MR) is 82.7 cm³/mol. The van der Waals surface area contributed by atoms with Crippen LogP contribution in [0.25, 0.3) is 0 Å². The fourth-order valence-corrected chi connectivity index (χ4v) is 2.10. The Balaban J connectivity index is 2.38. The number of para-hydroxylation sites is 2. The lowest BCUT2D eigenvalue weighted by Crippen LogP contribution is -2.12. The van der Waals surface area contributed by atoms with E-state index in [1.165, 1.54) is 5.56 Å². The van der Waals surface area contributed by atoms with Crippen LogP contribution >= 0.6 is 0 Å². The van der Waals surface area contributed by atoms with Crippen molar-refractivity contribution in [3.63, 3.8) is 0 Å². The SMILES string of the molecule is CCC(C)c1ccccc1Oc1ccccc1C(=N)N. The van der Waals surface area contributed by atoms with Gasteiger partial charge in [0.05, 0.1) is 5.56 Å². The van der Waals surface area contributed by atoms with Crippen LogP contribution in [0.4, 0.5) is 0 Å². The maximum absolute atomic E-state index is 7.61. The number of benzene rings is 2. The van der Waals surface area contributed by atoms with Crippen LogP contribution in [0.3, 0.4) is 0 Å². The van der Waals surface area contributed by atoms with Crippen molar-refractivity contribution in [3.05, 3.63) is 59.7 Å². The van der Waals surface area contributed by atoms with E-state index in [4.69, 9.17) is 15.9 Å². The molecule has 104 valence electrons. The van der Waals surface area contributed by atoms with Gasteiger partial charge in [-0.2, -0.15) is 0 Å². The average molecular weight is 268 g/mol. The van der Waals surface area contributed by atoms with E-state index >= 15 is 0 Å². The van der Waals surface area contributed by atoms with Crippen LogP contribution in [0.1, 0.15) is 37.3 Å². The molecule has 0 heterocycles. The van der Waals surface area contributed by atoms with Crippen molar-refractivity contribution < 1.29 is 4.74 Å². The van der Waals surface area contributed by atoms with E-state index < -0.39 is 0 Å². The molecule has 20 heavy (non-hydrogen) atoms. The summed E-state index contributed by atoms with van der Waals surface area (Å²) in [6.45, 7) is 4.34. The highest BCUT2D eigenvalue weighted by Crippen LogP contribution is 2.33. The van der Waals surface area contributed by atoms with Crippen LogP contribution in [0, 0.1) is 5.41 Å². The predicted octanol–water partition coefficient (Wildman–Crippen LogP) is 4.28. The molecule has 0 aliphatic carbocycles. The second-order valence-electron chi connectivity index (χ2n) is 4.86. The summed E-state index contributed by atoms with van der Waals surface area (Å²) in [6, 6.07) is 15.4. The first kappa shape index (κ1) is 14.1. The van der Waals surface area contributed by atoms with Gasteiger partial charge in [0.1, 0.15) is 17.3 Å². The maximum Gasteiger partial charge on any atom is 0.138 e. The summed E-state index contributed by atoms with van der Waals surface area (Å²) in [5, 5.41) is 7.61. The number of hydrogen-bond acceptors (Lipinski definition) is 2. The normalized spacial score (nSPS) is 11.9. The number of nitrogen functional groups attached to an aromatic ring is 1. The Morgan fingerprint density at radius 3 is 2.35 bits per heavy atom. The molecule has 3 N–H and O–H groups in total. The lowest BCUT2D eigenvalue weighted by molar-refractivity contribution is 0.469. The van der Waals surface area contributed by atoms with Gasteiger partial charge in [-0.15, -0.1) is 0 Å². The van der Waals surface area contributed by atoms with E-state index in [-0.39, 0.29) is 5.84 Å². The van der Waals surface area contributed by atoms with E-state index in [0.29, 0.717) is 17.2 Å². The van der Waals surface area contributed by atoms with Crippen LogP contribution in [-0.4, -0.2) is 5.84 Å². The zero-order valence-electron chi connectivity index (χ0n) is 11.9. The van der Waals surface area contributed by atoms with Gasteiger partial charge in [-0.05, 0) is 36.1 Å². The smallest absolute Gasteiger partial charge is 0.138 e. The molecule has 1 atom stereocenters. The molecule has 2 aromatic carbocycles. The molecule has 3 heteroatoms. The lowest BCUT2D eigenvalue weighted by Gasteiger charge is -2.16. The van der Waals surface area contributed by atoms with E-state index in [9.17, 15) is 0 Å². The summed E-state index contributed by atoms with van der Waals surface area (Å²) in [5.74, 6) is 1.89. The highest BCUT2D eigenvalue weighted by atomic mass is 16.5. The third-order valence-corrected chi connectivity index (χ3v) is 3.46. The molecule has 2 aromatic rings. The molecule has 0 fully saturated rings. The summed E-state index contributed by atoms with van der Waals surface area (Å²) in [6.07, 6.45) is 1.05. The van der Waals surface area contributed by atoms with Crippen molar-refractivity contribution in [2.24, 2.45) is 5.73 Å². The van der Waals surface area contributed by atoms with Crippen molar-refractivity contribution >= 4 is 5.84 Å². The Labute approximate surface area is 119 Å². The van der Waals surface area contributed by atoms with Crippen molar-refractivity contribution in [2.75, 3.05) is 0 Å². The molecule has 0 bridgehead atoms. The zero-order valence-corrected chi connectivity index (χ0v) is 11.9. The Morgan fingerprint density at radius 2 is 1.70 bits per heavy atom. The van der Waals surface area contributed by atoms with Gasteiger partial charge < -0.3 is 10.5 Å². The average Bonchev–Trinajstić information content (AvgIpc) is 2.47. The zero-order chi connectivity index (χ0) is 14.5. The molecular weight excluding hydrogens is 248 g/mol. The molecule has 1 unspecified atom stereocenters. The Bertz CT molecular complexity index is 607. The van der Waals surface area contributed by atoms with Crippen molar-refractivity contribution in [2.45, 2.75) is 26.2 Å². The molecule has 0 aromatic heterocycles. The molecule has 0 saturated heterocycles. The number of rotatable bonds is 5. The molecule has 0 spiro atoms. The second-order valence-corrected chi connectivity index (χ2v) is 4.86. The minimum atomic E-state index is 0.0154. The quantitative estimate of drug-likeness (QED) is 0.628.